The predicted octanol–water partition coefficient (Wildman–Crippen LogP) is 3.67. The van der Waals surface area contributed by atoms with E-state index in [4.69, 9.17) is 0 Å². The van der Waals surface area contributed by atoms with Gasteiger partial charge in [-0.3, -0.25) is 0 Å². The summed E-state index contributed by atoms with van der Waals surface area (Å²) in [6.45, 7) is 4.81. The lowest BCUT2D eigenvalue weighted by atomic mass is 9.48. The van der Waals surface area contributed by atoms with Gasteiger partial charge in [-0.2, -0.15) is 0 Å². The summed E-state index contributed by atoms with van der Waals surface area (Å²) in [5.41, 5.74) is 2.05. The van der Waals surface area contributed by atoms with Crippen LogP contribution in [0.4, 0.5) is 0 Å². The van der Waals surface area contributed by atoms with Crippen molar-refractivity contribution >= 4 is 0 Å². The first kappa shape index (κ1) is 14.3. The Hall–Kier alpha value is -0.340. The Morgan fingerprint density at radius 3 is 2.62 bits per heavy atom. The number of hydrogen-bond donors (Lipinski definition) is 2. The van der Waals surface area contributed by atoms with Crippen molar-refractivity contribution in [2.24, 2.45) is 28.6 Å². The van der Waals surface area contributed by atoms with E-state index in [0.717, 1.165) is 37.5 Å². The Bertz CT molecular complexity index is 470. The molecule has 0 radical (unpaired) electrons. The molecule has 4 aliphatic rings. The van der Waals surface area contributed by atoms with Gasteiger partial charge in [-0.05, 0) is 80.0 Å². The average molecular weight is 290 g/mol. The van der Waals surface area contributed by atoms with E-state index < -0.39 is 0 Å². The molecule has 0 spiro atoms. The summed E-state index contributed by atoms with van der Waals surface area (Å²) in [5.74, 6) is 2.27. The van der Waals surface area contributed by atoms with Crippen LogP contribution in [0.25, 0.3) is 0 Å². The number of allylic oxidation sites excluding steroid dienone is 1. The van der Waals surface area contributed by atoms with Crippen LogP contribution in [0.2, 0.25) is 0 Å². The fourth-order valence-electron chi connectivity index (χ4n) is 6.61. The molecule has 2 nitrogen and oxygen atoms in total. The largest absolute Gasteiger partial charge is 0.393 e. The molecule has 118 valence electrons. The molecule has 0 aliphatic heterocycles. The molecule has 0 heterocycles. The number of aliphatic hydroxyl groups excluding tert-OH is 2. The summed E-state index contributed by atoms with van der Waals surface area (Å²) in [6, 6.07) is 0. The maximum absolute atomic E-state index is 10.5. The Morgan fingerprint density at radius 1 is 1.00 bits per heavy atom. The lowest BCUT2D eigenvalue weighted by Crippen LogP contribution is -2.51. The van der Waals surface area contributed by atoms with E-state index in [1.807, 2.05) is 0 Å². The third kappa shape index (κ3) is 1.84. The van der Waals surface area contributed by atoms with Gasteiger partial charge in [0, 0.05) is 0 Å². The third-order valence-electron chi connectivity index (χ3n) is 8.03. The first-order valence-corrected chi connectivity index (χ1v) is 9.01. The van der Waals surface area contributed by atoms with Crippen LogP contribution in [0.1, 0.15) is 65.2 Å². The summed E-state index contributed by atoms with van der Waals surface area (Å²) in [6.07, 6.45) is 11.2. The van der Waals surface area contributed by atoms with Crippen molar-refractivity contribution in [2.45, 2.75) is 77.4 Å². The maximum atomic E-state index is 10.5. The Labute approximate surface area is 128 Å². The van der Waals surface area contributed by atoms with Crippen molar-refractivity contribution in [3.63, 3.8) is 0 Å². The minimum atomic E-state index is -0.108. The second kappa shape index (κ2) is 4.58. The molecule has 0 amide bonds. The third-order valence-corrected chi connectivity index (χ3v) is 8.03. The number of aliphatic hydroxyl groups is 2. The van der Waals surface area contributed by atoms with E-state index in [9.17, 15) is 10.2 Å². The molecule has 2 N–H and O–H groups in total. The Kier molecular flexibility index (Phi) is 3.11. The number of fused-ring (bicyclic) bond motifs is 5. The van der Waals surface area contributed by atoms with Gasteiger partial charge in [0.2, 0.25) is 0 Å². The molecule has 7 atom stereocenters. The lowest BCUT2D eigenvalue weighted by Gasteiger charge is -2.57. The van der Waals surface area contributed by atoms with E-state index in [0.29, 0.717) is 11.3 Å². The molecular formula is C19H30O2. The highest BCUT2D eigenvalue weighted by molar-refractivity contribution is 5.25. The van der Waals surface area contributed by atoms with Crippen molar-refractivity contribution in [3.8, 4) is 0 Å². The van der Waals surface area contributed by atoms with Crippen molar-refractivity contribution in [1.29, 1.82) is 0 Å². The normalized spacial score (nSPS) is 56.2. The monoisotopic (exact) mass is 290 g/mol. The standard InChI is InChI=1S/C19H30O2/c1-18-9-7-13(20)11-12(18)3-4-14-15-5-6-17(21)19(15,2)10-8-16(14)18/h3,13-17,20-21H,4-11H2,1-2H3/t13-,14+,15+,16+,17-,18-,19+/m0/s1. The van der Waals surface area contributed by atoms with E-state index in [2.05, 4.69) is 19.9 Å². The molecule has 4 rings (SSSR count). The highest BCUT2D eigenvalue weighted by Crippen LogP contribution is 2.64. The van der Waals surface area contributed by atoms with Gasteiger partial charge in [0.25, 0.3) is 0 Å². The molecule has 4 aliphatic carbocycles. The first-order chi connectivity index (χ1) is 9.95. The number of rotatable bonds is 0. The van der Waals surface area contributed by atoms with E-state index >= 15 is 0 Å². The van der Waals surface area contributed by atoms with E-state index in [-0.39, 0.29) is 17.6 Å². The van der Waals surface area contributed by atoms with Crippen LogP contribution in [0.5, 0.6) is 0 Å². The van der Waals surface area contributed by atoms with Gasteiger partial charge >= 0.3 is 0 Å². The SMILES string of the molecule is C[C@@]12CC[C@@H]3[C@H](CC=C4C[C@@H](O)CC[C@@]43C)[C@H]1CC[C@@H]2O. The smallest absolute Gasteiger partial charge is 0.0596 e. The van der Waals surface area contributed by atoms with Gasteiger partial charge in [-0.15, -0.1) is 0 Å². The van der Waals surface area contributed by atoms with Crippen LogP contribution in [-0.4, -0.2) is 22.4 Å². The zero-order chi connectivity index (χ0) is 14.8. The van der Waals surface area contributed by atoms with Gasteiger partial charge in [0.15, 0.2) is 0 Å². The second-order valence-corrected chi connectivity index (χ2v) is 8.79. The second-order valence-electron chi connectivity index (χ2n) is 8.79. The Balaban J connectivity index is 1.68. The van der Waals surface area contributed by atoms with Crippen LogP contribution in [0, 0.1) is 28.6 Å². The van der Waals surface area contributed by atoms with Crippen molar-refractivity contribution in [2.75, 3.05) is 0 Å². The maximum Gasteiger partial charge on any atom is 0.0596 e. The summed E-state index contributed by atoms with van der Waals surface area (Å²) in [4.78, 5) is 0. The minimum absolute atomic E-state index is 0.0742. The van der Waals surface area contributed by atoms with Crippen LogP contribution in [0.15, 0.2) is 11.6 Å². The molecule has 3 fully saturated rings. The van der Waals surface area contributed by atoms with Crippen molar-refractivity contribution < 1.29 is 10.2 Å². The lowest BCUT2D eigenvalue weighted by molar-refractivity contribution is -0.0711. The molecule has 0 saturated heterocycles. The molecule has 0 aromatic carbocycles. The molecule has 0 unspecified atom stereocenters. The fourth-order valence-corrected chi connectivity index (χ4v) is 6.61. The van der Waals surface area contributed by atoms with Gasteiger partial charge in [0.1, 0.15) is 0 Å². The van der Waals surface area contributed by atoms with Crippen LogP contribution < -0.4 is 0 Å². The zero-order valence-corrected chi connectivity index (χ0v) is 13.5. The van der Waals surface area contributed by atoms with Crippen molar-refractivity contribution in [1.82, 2.24) is 0 Å². The van der Waals surface area contributed by atoms with E-state index in [1.54, 1.807) is 5.57 Å². The summed E-state index contributed by atoms with van der Waals surface area (Å²) >= 11 is 0. The van der Waals surface area contributed by atoms with Gasteiger partial charge in [0.05, 0.1) is 12.2 Å². The fraction of sp³-hybridized carbons (Fsp3) is 0.895. The molecule has 3 saturated carbocycles. The number of hydrogen-bond acceptors (Lipinski definition) is 2. The molecular weight excluding hydrogens is 260 g/mol. The molecule has 21 heavy (non-hydrogen) atoms. The highest BCUT2D eigenvalue weighted by atomic mass is 16.3. The van der Waals surface area contributed by atoms with Crippen LogP contribution in [0.3, 0.4) is 0 Å². The zero-order valence-electron chi connectivity index (χ0n) is 13.5. The van der Waals surface area contributed by atoms with E-state index in [1.165, 1.54) is 25.7 Å². The molecule has 0 aromatic heterocycles. The van der Waals surface area contributed by atoms with Crippen molar-refractivity contribution in [3.05, 3.63) is 11.6 Å². The first-order valence-electron chi connectivity index (χ1n) is 9.01. The van der Waals surface area contributed by atoms with Crippen LogP contribution in [-0.2, 0) is 0 Å². The average Bonchev–Trinajstić information content (AvgIpc) is 2.76. The van der Waals surface area contributed by atoms with Gasteiger partial charge in [-0.1, -0.05) is 25.5 Å². The molecule has 0 aromatic rings. The minimum Gasteiger partial charge on any atom is -0.393 e. The molecule has 0 bridgehead atoms. The highest BCUT2D eigenvalue weighted by Gasteiger charge is 2.58. The topological polar surface area (TPSA) is 40.5 Å². The summed E-state index contributed by atoms with van der Waals surface area (Å²) in [7, 11) is 0. The van der Waals surface area contributed by atoms with Gasteiger partial charge in [-0.25, -0.2) is 0 Å². The summed E-state index contributed by atoms with van der Waals surface area (Å²) < 4.78 is 0. The molecule has 2 heteroatoms. The quantitative estimate of drug-likeness (QED) is 0.668. The predicted molar refractivity (Wildman–Crippen MR) is 83.7 cm³/mol. The Morgan fingerprint density at radius 2 is 1.81 bits per heavy atom. The van der Waals surface area contributed by atoms with Crippen LogP contribution >= 0.6 is 0 Å². The van der Waals surface area contributed by atoms with Gasteiger partial charge < -0.3 is 10.2 Å². The summed E-state index contributed by atoms with van der Waals surface area (Å²) in [5, 5.41) is 20.5.